The number of aromatic nitrogens is 2. The number of nitrogens with zero attached hydrogens (tertiary/aromatic N) is 6. The van der Waals surface area contributed by atoms with Crippen LogP contribution in [0, 0.1) is 0 Å². The Labute approximate surface area is 184 Å². The van der Waals surface area contributed by atoms with Crippen molar-refractivity contribution in [2.75, 3.05) is 19.6 Å². The molecule has 3 aliphatic rings. The molecule has 2 aromatic carbocycles. The van der Waals surface area contributed by atoms with Gasteiger partial charge in [0.25, 0.3) is 5.91 Å². The fourth-order valence-corrected chi connectivity index (χ4v) is 3.48. The predicted molar refractivity (Wildman–Crippen MR) is 122 cm³/mol. The van der Waals surface area contributed by atoms with Crippen LogP contribution in [0.25, 0.3) is 17.1 Å². The topological polar surface area (TPSA) is 83.3 Å². The van der Waals surface area contributed by atoms with E-state index in [2.05, 4.69) is 19.9 Å². The van der Waals surface area contributed by atoms with Gasteiger partial charge >= 0.3 is 0 Å². The van der Waals surface area contributed by atoms with Crippen molar-refractivity contribution in [3.05, 3.63) is 84.1 Å². The van der Waals surface area contributed by atoms with E-state index in [0.717, 1.165) is 28.0 Å². The lowest BCUT2D eigenvalue weighted by Crippen LogP contribution is -2.36. The Hall–Kier alpha value is -4.33. The molecule has 0 aliphatic carbocycles. The van der Waals surface area contributed by atoms with E-state index in [-0.39, 0.29) is 12.5 Å². The van der Waals surface area contributed by atoms with Gasteiger partial charge in [-0.05, 0) is 30.3 Å². The molecule has 6 rings (SSSR count). The molecule has 3 aliphatic heterocycles. The maximum atomic E-state index is 12.1. The summed E-state index contributed by atoms with van der Waals surface area (Å²) in [6.07, 6.45) is 11.9. The first-order chi connectivity index (χ1) is 15.7. The molecule has 8 nitrogen and oxygen atoms in total. The van der Waals surface area contributed by atoms with Crippen LogP contribution in [0.1, 0.15) is 0 Å². The molecule has 158 valence electrons. The smallest absolute Gasteiger partial charge is 0.265 e. The van der Waals surface area contributed by atoms with Crippen molar-refractivity contribution in [2.24, 2.45) is 9.98 Å². The van der Waals surface area contributed by atoms with Crippen LogP contribution >= 0.6 is 0 Å². The van der Waals surface area contributed by atoms with Crippen molar-refractivity contribution >= 4 is 35.0 Å². The number of carbonyl (C=O) groups is 1. The molecule has 0 saturated heterocycles. The highest BCUT2D eigenvalue weighted by Crippen LogP contribution is 2.25. The maximum absolute atomic E-state index is 12.1. The van der Waals surface area contributed by atoms with Crippen LogP contribution in [0.4, 0.5) is 5.82 Å². The summed E-state index contributed by atoms with van der Waals surface area (Å²) in [5.41, 5.74) is 0.772. The Balaban J connectivity index is 1.67. The van der Waals surface area contributed by atoms with Crippen molar-refractivity contribution in [1.29, 1.82) is 0 Å². The van der Waals surface area contributed by atoms with Gasteiger partial charge in [-0.3, -0.25) is 4.79 Å². The number of rotatable bonds is 0. The first kappa shape index (κ1) is 19.6. The number of benzene rings is 2. The van der Waals surface area contributed by atoms with Gasteiger partial charge in [-0.25, -0.2) is 20.0 Å². The van der Waals surface area contributed by atoms with E-state index in [4.69, 9.17) is 9.73 Å². The molecular formula is C24H20N6O2. The summed E-state index contributed by atoms with van der Waals surface area (Å²) in [6.45, 7) is 1.69. The summed E-state index contributed by atoms with van der Waals surface area (Å²) in [4.78, 5) is 33.7. The van der Waals surface area contributed by atoms with Crippen molar-refractivity contribution in [1.82, 2.24) is 19.8 Å². The number of amides is 1. The van der Waals surface area contributed by atoms with Crippen LogP contribution in [0.3, 0.4) is 0 Å². The molecule has 0 atom stereocenters. The summed E-state index contributed by atoms with van der Waals surface area (Å²) in [7, 11) is 0. The molecule has 4 heterocycles. The molecule has 0 radical (unpaired) electrons. The zero-order valence-corrected chi connectivity index (χ0v) is 17.2. The first-order valence-corrected chi connectivity index (χ1v) is 10.2. The quantitative estimate of drug-likeness (QED) is 0.548. The summed E-state index contributed by atoms with van der Waals surface area (Å²) in [5, 5.41) is 2.55. The summed E-state index contributed by atoms with van der Waals surface area (Å²) in [5.74, 6) is 0.957. The van der Waals surface area contributed by atoms with E-state index in [0.29, 0.717) is 18.1 Å². The highest BCUT2D eigenvalue weighted by molar-refractivity contribution is 5.90. The number of hydrogen-bond donors (Lipinski definition) is 0. The Kier molecular flexibility index (Phi) is 5.40. The van der Waals surface area contributed by atoms with Crippen LogP contribution in [0.15, 0.2) is 83.5 Å². The Morgan fingerprint density at radius 3 is 2.84 bits per heavy atom. The highest BCUT2D eigenvalue weighted by atomic mass is 16.5. The molecule has 0 fully saturated rings. The second-order valence-corrected chi connectivity index (χ2v) is 7.30. The largest absolute Gasteiger partial charge is 0.465 e. The van der Waals surface area contributed by atoms with Crippen molar-refractivity contribution in [2.45, 2.75) is 0 Å². The fraction of sp³-hybridized carbons (Fsp3) is 0.125. The summed E-state index contributed by atoms with van der Waals surface area (Å²) < 4.78 is 5.67. The standard InChI is InChI=1S/C24H20N6O2/c31-23-16-30-11-9-29(10-12-30)15-18-4-1-2-5-21(18)28-24-20-14-19(32-13-3-8-25-23)6-7-22(20)26-17-27-24/h1-9,11,13-15,17H,10,12,16H2/b13-3+,18-15+,25-8?,28-21?. The molecule has 0 N–H and O–H groups in total. The molecule has 1 amide bonds. The number of hydrogen-bond acceptors (Lipinski definition) is 7. The average molecular weight is 424 g/mol. The zero-order chi connectivity index (χ0) is 21.8. The molecule has 0 unspecified atom stereocenters. The molecule has 4 bridgehead atoms. The SMILES string of the molecule is O=C1CN2C=CN(/C=c3\ccccc3=Nc3ncnc4ccc(cc34)O/C=C/C=N1)CC2. The van der Waals surface area contributed by atoms with Crippen molar-refractivity contribution in [3.8, 4) is 5.75 Å². The van der Waals surface area contributed by atoms with Gasteiger partial charge in [0.2, 0.25) is 0 Å². The number of fused-ring (bicyclic) bond motifs is 5. The number of aliphatic imine (C=N–C) groups is 1. The molecule has 8 heteroatoms. The minimum atomic E-state index is -0.216. The van der Waals surface area contributed by atoms with Gasteiger partial charge in [-0.15, -0.1) is 0 Å². The van der Waals surface area contributed by atoms with Gasteiger partial charge in [0.15, 0.2) is 5.82 Å². The third-order valence-electron chi connectivity index (χ3n) is 5.09. The molecule has 32 heavy (non-hydrogen) atoms. The number of para-hydroxylation sites is 1. The number of ether oxygens (including phenoxy) is 1. The third-order valence-corrected chi connectivity index (χ3v) is 5.09. The lowest BCUT2D eigenvalue weighted by molar-refractivity contribution is -0.118. The second kappa shape index (κ2) is 8.81. The predicted octanol–water partition coefficient (Wildman–Crippen LogP) is 1.91. The van der Waals surface area contributed by atoms with Gasteiger partial charge in [0.1, 0.15) is 12.1 Å². The normalized spacial score (nSPS) is 18.1. The Morgan fingerprint density at radius 2 is 1.94 bits per heavy atom. The van der Waals surface area contributed by atoms with Crippen molar-refractivity contribution < 1.29 is 9.53 Å². The van der Waals surface area contributed by atoms with E-state index in [1.807, 2.05) is 66.0 Å². The van der Waals surface area contributed by atoms with Gasteiger partial charge in [0, 0.05) is 48.5 Å². The summed E-state index contributed by atoms with van der Waals surface area (Å²) >= 11 is 0. The number of allylic oxidation sites excluding steroid dienone is 1. The minimum Gasteiger partial charge on any atom is -0.465 e. The van der Waals surface area contributed by atoms with Gasteiger partial charge in [-0.2, -0.15) is 0 Å². The van der Waals surface area contributed by atoms with E-state index in [9.17, 15) is 4.79 Å². The van der Waals surface area contributed by atoms with E-state index in [1.165, 1.54) is 18.8 Å². The van der Waals surface area contributed by atoms with Gasteiger partial charge in [0.05, 0.1) is 23.7 Å². The van der Waals surface area contributed by atoms with Crippen molar-refractivity contribution in [3.63, 3.8) is 0 Å². The number of carbonyl (C=O) groups excluding carboxylic acids is 1. The third kappa shape index (κ3) is 4.39. The van der Waals surface area contributed by atoms with Crippen LogP contribution < -0.4 is 15.3 Å². The van der Waals surface area contributed by atoms with E-state index < -0.39 is 0 Å². The Morgan fingerprint density at radius 1 is 1.00 bits per heavy atom. The van der Waals surface area contributed by atoms with Crippen LogP contribution in [-0.4, -0.2) is 51.5 Å². The fourth-order valence-electron chi connectivity index (χ4n) is 3.48. The van der Waals surface area contributed by atoms with Crippen LogP contribution in [-0.2, 0) is 4.79 Å². The van der Waals surface area contributed by atoms with E-state index >= 15 is 0 Å². The maximum Gasteiger partial charge on any atom is 0.265 e. The molecule has 3 aromatic rings. The molecule has 0 saturated carbocycles. The first-order valence-electron chi connectivity index (χ1n) is 10.2. The zero-order valence-electron chi connectivity index (χ0n) is 17.2. The molecular weight excluding hydrogens is 404 g/mol. The van der Waals surface area contributed by atoms with Crippen LogP contribution in [0.5, 0.6) is 5.75 Å². The molecule has 1 aromatic heterocycles. The van der Waals surface area contributed by atoms with E-state index in [1.54, 1.807) is 6.08 Å². The minimum absolute atomic E-state index is 0.216. The molecule has 0 spiro atoms. The lowest BCUT2D eigenvalue weighted by atomic mass is 10.2. The second-order valence-electron chi connectivity index (χ2n) is 7.30. The van der Waals surface area contributed by atoms with Gasteiger partial charge in [-0.1, -0.05) is 18.2 Å². The highest BCUT2D eigenvalue weighted by Gasteiger charge is 2.11. The van der Waals surface area contributed by atoms with Crippen LogP contribution in [0.2, 0.25) is 0 Å². The lowest BCUT2D eigenvalue weighted by Gasteiger charge is -2.28. The average Bonchev–Trinajstić information content (AvgIpc) is 2.81. The Bertz CT molecular complexity index is 1380. The monoisotopic (exact) mass is 424 g/mol. The van der Waals surface area contributed by atoms with Gasteiger partial charge < -0.3 is 14.5 Å². The summed E-state index contributed by atoms with van der Waals surface area (Å²) in [6, 6.07) is 13.4.